The molecule has 2 aromatic rings. The number of hydrogen-bond acceptors (Lipinski definition) is 4. The largest absolute Gasteiger partial charge is 0.507 e. The van der Waals surface area contributed by atoms with E-state index in [9.17, 15) is 9.90 Å². The van der Waals surface area contributed by atoms with Crippen LogP contribution in [0.25, 0.3) is 11.8 Å². The summed E-state index contributed by atoms with van der Waals surface area (Å²) < 4.78 is 0. The van der Waals surface area contributed by atoms with E-state index >= 15 is 0 Å². The summed E-state index contributed by atoms with van der Waals surface area (Å²) in [6.45, 7) is 9.43. The van der Waals surface area contributed by atoms with Gasteiger partial charge >= 0.3 is 0 Å². The number of nitrogens with two attached hydrogens (primary N) is 2. The third-order valence-electron chi connectivity index (χ3n) is 6.75. The minimum Gasteiger partial charge on any atom is -0.507 e. The van der Waals surface area contributed by atoms with Gasteiger partial charge in [-0.25, -0.2) is 0 Å². The molecule has 1 saturated carbocycles. The van der Waals surface area contributed by atoms with Crippen molar-refractivity contribution in [1.29, 1.82) is 0 Å². The van der Waals surface area contributed by atoms with Gasteiger partial charge < -0.3 is 26.5 Å². The van der Waals surface area contributed by atoms with Gasteiger partial charge in [-0.15, -0.1) is 0 Å². The molecule has 0 radical (unpaired) electrons. The molecule has 0 bridgehead atoms. The van der Waals surface area contributed by atoms with Crippen LogP contribution in [0, 0.1) is 5.41 Å². The van der Waals surface area contributed by atoms with Gasteiger partial charge in [0.2, 0.25) is 5.91 Å². The SMILES string of the molecule is C=CC(=O)N1CC2(CCC2c2[nH]c(N)c(/C=C(\N)c3ccccc3O)c2C(C)C)C1. The molecule has 4 rings (SSSR count). The number of benzene rings is 1. The van der Waals surface area contributed by atoms with Crippen molar-refractivity contribution in [1.82, 2.24) is 9.88 Å². The molecule has 6 N–H and O–H groups in total. The monoisotopic (exact) mass is 406 g/mol. The van der Waals surface area contributed by atoms with E-state index in [2.05, 4.69) is 25.4 Å². The molecule has 1 aromatic heterocycles. The first-order valence-corrected chi connectivity index (χ1v) is 10.5. The van der Waals surface area contributed by atoms with E-state index in [4.69, 9.17) is 11.5 Å². The summed E-state index contributed by atoms with van der Waals surface area (Å²) in [5, 5.41) is 10.1. The molecule has 2 fully saturated rings. The number of carbonyl (C=O) groups excluding carboxylic acids is 1. The highest BCUT2D eigenvalue weighted by molar-refractivity contribution is 5.88. The average Bonchev–Trinajstić information content (AvgIpc) is 2.95. The van der Waals surface area contributed by atoms with Gasteiger partial charge in [0.1, 0.15) is 11.6 Å². The minimum atomic E-state index is 0.000391. The van der Waals surface area contributed by atoms with Gasteiger partial charge in [-0.2, -0.15) is 0 Å². The molecule has 1 amide bonds. The molecule has 1 aromatic carbocycles. The van der Waals surface area contributed by atoms with Gasteiger partial charge in [-0.3, -0.25) is 4.79 Å². The first-order valence-electron chi connectivity index (χ1n) is 10.5. The lowest BCUT2D eigenvalue weighted by atomic mass is 9.54. The van der Waals surface area contributed by atoms with Crippen LogP contribution in [0.2, 0.25) is 0 Å². The van der Waals surface area contributed by atoms with E-state index in [0.717, 1.165) is 37.2 Å². The van der Waals surface area contributed by atoms with Gasteiger partial charge in [0.05, 0.1) is 0 Å². The minimum absolute atomic E-state index is 0.000391. The first-order chi connectivity index (χ1) is 14.3. The molecule has 1 spiro atoms. The summed E-state index contributed by atoms with van der Waals surface area (Å²) in [7, 11) is 0. The number of nitrogens with one attached hydrogen (secondary N) is 1. The number of amides is 1. The summed E-state index contributed by atoms with van der Waals surface area (Å²) >= 11 is 0. The zero-order chi connectivity index (χ0) is 21.6. The van der Waals surface area contributed by atoms with Crippen molar-refractivity contribution in [2.45, 2.75) is 38.5 Å². The number of carbonyl (C=O) groups is 1. The quantitative estimate of drug-likeness (QED) is 0.567. The first kappa shape index (κ1) is 20.1. The van der Waals surface area contributed by atoms with E-state index in [1.165, 1.54) is 11.6 Å². The number of aromatic amines is 1. The van der Waals surface area contributed by atoms with Crippen molar-refractivity contribution >= 4 is 23.5 Å². The molecule has 1 saturated heterocycles. The Morgan fingerprint density at radius 3 is 2.63 bits per heavy atom. The third kappa shape index (κ3) is 3.07. The summed E-state index contributed by atoms with van der Waals surface area (Å²) in [4.78, 5) is 17.2. The van der Waals surface area contributed by atoms with Crippen LogP contribution in [-0.4, -0.2) is 34.0 Å². The van der Waals surface area contributed by atoms with Gasteiger partial charge in [0.15, 0.2) is 0 Å². The molecule has 2 aliphatic rings. The van der Waals surface area contributed by atoms with Gasteiger partial charge in [0.25, 0.3) is 0 Å². The standard InChI is InChI=1S/C24H30N4O2/c1-4-20(30)28-12-24(13-28)10-9-17(24)22-21(14(2)3)16(23(26)27-22)11-18(25)15-7-5-6-8-19(15)29/h4-8,11,14,17,27,29H,1,9-10,12-13,25-26H2,2-3H3/b18-11-. The molecule has 6 heteroatoms. The fourth-order valence-corrected chi connectivity index (χ4v) is 5.10. The van der Waals surface area contributed by atoms with E-state index in [-0.39, 0.29) is 23.0 Å². The van der Waals surface area contributed by atoms with Crippen LogP contribution >= 0.6 is 0 Å². The molecule has 1 aliphatic heterocycles. The molecule has 1 unspecified atom stereocenters. The molecule has 158 valence electrons. The number of phenols is 1. The zero-order valence-corrected chi connectivity index (χ0v) is 17.6. The number of hydrogen-bond donors (Lipinski definition) is 4. The zero-order valence-electron chi connectivity index (χ0n) is 17.6. The maximum atomic E-state index is 11.9. The van der Waals surface area contributed by atoms with Crippen LogP contribution in [0.1, 0.15) is 60.9 Å². The lowest BCUT2D eigenvalue weighted by Crippen LogP contribution is -2.64. The molecule has 1 atom stereocenters. The Kier molecular flexibility index (Phi) is 4.88. The lowest BCUT2D eigenvalue weighted by molar-refractivity contribution is -0.147. The number of rotatable bonds is 5. The predicted octanol–water partition coefficient (Wildman–Crippen LogP) is 3.77. The Morgan fingerprint density at radius 2 is 2.07 bits per heavy atom. The van der Waals surface area contributed by atoms with Crippen molar-refractivity contribution in [2.75, 3.05) is 18.8 Å². The van der Waals surface area contributed by atoms with Gasteiger partial charge in [-0.1, -0.05) is 32.6 Å². The van der Waals surface area contributed by atoms with Crippen LogP contribution in [0.4, 0.5) is 5.82 Å². The predicted molar refractivity (Wildman–Crippen MR) is 121 cm³/mol. The van der Waals surface area contributed by atoms with Crippen LogP contribution < -0.4 is 11.5 Å². The number of aromatic nitrogens is 1. The van der Waals surface area contributed by atoms with Crippen LogP contribution in [-0.2, 0) is 4.79 Å². The number of H-pyrrole nitrogens is 1. The Bertz CT molecular complexity index is 1030. The third-order valence-corrected chi connectivity index (χ3v) is 6.75. The second kappa shape index (κ2) is 7.27. The van der Waals surface area contributed by atoms with Crippen molar-refractivity contribution in [3.05, 3.63) is 59.3 Å². The van der Waals surface area contributed by atoms with Gasteiger partial charge in [-0.05, 0) is 48.6 Å². The lowest BCUT2D eigenvalue weighted by Gasteiger charge is -2.60. The second-order valence-corrected chi connectivity index (χ2v) is 8.90. The van der Waals surface area contributed by atoms with E-state index in [1.54, 1.807) is 18.2 Å². The van der Waals surface area contributed by atoms with E-state index in [1.807, 2.05) is 17.0 Å². The average molecular weight is 407 g/mol. The number of aromatic hydroxyl groups is 1. The highest BCUT2D eigenvalue weighted by atomic mass is 16.3. The van der Waals surface area contributed by atoms with Crippen LogP contribution in [0.3, 0.4) is 0 Å². The maximum Gasteiger partial charge on any atom is 0.245 e. The number of phenolic OH excluding ortho intramolecular Hbond substituents is 1. The Morgan fingerprint density at radius 1 is 1.37 bits per heavy atom. The molecule has 1 aliphatic carbocycles. The number of nitrogens with zero attached hydrogens (tertiary/aromatic N) is 1. The van der Waals surface area contributed by atoms with Crippen molar-refractivity contribution < 1.29 is 9.90 Å². The summed E-state index contributed by atoms with van der Waals surface area (Å²) in [5.41, 5.74) is 17.2. The Labute approximate surface area is 177 Å². The normalized spacial score (nSPS) is 20.2. The second-order valence-electron chi connectivity index (χ2n) is 8.90. The van der Waals surface area contributed by atoms with Gasteiger partial charge in [0, 0.05) is 46.9 Å². The smallest absolute Gasteiger partial charge is 0.245 e. The summed E-state index contributed by atoms with van der Waals surface area (Å²) in [5.74, 6) is 1.33. The van der Waals surface area contributed by atoms with E-state index < -0.39 is 0 Å². The fraction of sp³-hybridized carbons (Fsp3) is 0.375. The Balaban J connectivity index is 1.69. The number of nitrogen functional groups attached to an aromatic ring is 1. The highest BCUT2D eigenvalue weighted by Gasteiger charge is 2.57. The molecule has 6 nitrogen and oxygen atoms in total. The maximum absolute atomic E-state index is 11.9. The van der Waals surface area contributed by atoms with Crippen molar-refractivity contribution in [2.24, 2.45) is 11.1 Å². The topological polar surface area (TPSA) is 108 Å². The summed E-state index contributed by atoms with van der Waals surface area (Å²) in [6.07, 6.45) is 5.44. The number of likely N-dealkylation sites (tertiary alicyclic amines) is 1. The molecular formula is C24H30N4O2. The van der Waals surface area contributed by atoms with Crippen molar-refractivity contribution in [3.63, 3.8) is 0 Å². The van der Waals surface area contributed by atoms with Crippen LogP contribution in [0.5, 0.6) is 5.75 Å². The van der Waals surface area contributed by atoms with Crippen molar-refractivity contribution in [3.8, 4) is 5.75 Å². The van der Waals surface area contributed by atoms with E-state index in [0.29, 0.717) is 23.0 Å². The molecule has 2 heterocycles. The number of anilines is 1. The fourth-order valence-electron chi connectivity index (χ4n) is 5.10. The highest BCUT2D eigenvalue weighted by Crippen LogP contribution is 2.59. The van der Waals surface area contributed by atoms with Crippen LogP contribution in [0.15, 0.2) is 36.9 Å². The number of para-hydroxylation sites is 1. The summed E-state index contributed by atoms with van der Waals surface area (Å²) in [6, 6.07) is 7.02. The Hall–Kier alpha value is -3.15. The molecule has 30 heavy (non-hydrogen) atoms. The molecular weight excluding hydrogens is 376 g/mol.